The maximum Gasteiger partial charge on any atom is 0.306 e. The van der Waals surface area contributed by atoms with Crippen LogP contribution in [0.25, 0.3) is 10.9 Å². The highest BCUT2D eigenvalue weighted by atomic mass is 79.9. The van der Waals surface area contributed by atoms with Crippen LogP contribution in [0.4, 0.5) is 0 Å². The van der Waals surface area contributed by atoms with Crippen molar-refractivity contribution in [3.05, 3.63) is 34.4 Å². The Morgan fingerprint density at radius 2 is 2.17 bits per heavy atom. The van der Waals surface area contributed by atoms with Gasteiger partial charge in [-0.05, 0) is 30.5 Å². The fourth-order valence-corrected chi connectivity index (χ4v) is 2.58. The fourth-order valence-electron chi connectivity index (χ4n) is 2.23. The van der Waals surface area contributed by atoms with Crippen LogP contribution in [0.3, 0.4) is 0 Å². The standard InChI is InChI=1S/C14H16BrNO2/c1-3-16-12(6-9(2)14(17)18)7-10-4-5-11(15)8-13(10)16/h4-5,7-9H,3,6H2,1-2H3,(H,17,18). The monoisotopic (exact) mass is 309 g/mol. The predicted molar refractivity (Wildman–Crippen MR) is 75.8 cm³/mol. The van der Waals surface area contributed by atoms with Crippen LogP contribution >= 0.6 is 15.9 Å². The number of rotatable bonds is 4. The van der Waals surface area contributed by atoms with Gasteiger partial charge >= 0.3 is 5.97 Å². The van der Waals surface area contributed by atoms with Crippen LogP contribution < -0.4 is 0 Å². The van der Waals surface area contributed by atoms with Gasteiger partial charge in [0.05, 0.1) is 5.92 Å². The van der Waals surface area contributed by atoms with Crippen molar-refractivity contribution >= 4 is 32.8 Å². The van der Waals surface area contributed by atoms with Crippen LogP contribution in [0.2, 0.25) is 0 Å². The molecule has 18 heavy (non-hydrogen) atoms. The fraction of sp³-hybridized carbons (Fsp3) is 0.357. The van der Waals surface area contributed by atoms with Crippen molar-refractivity contribution in [2.45, 2.75) is 26.8 Å². The number of aromatic nitrogens is 1. The number of hydrogen-bond acceptors (Lipinski definition) is 1. The number of hydrogen-bond donors (Lipinski definition) is 1. The topological polar surface area (TPSA) is 42.2 Å². The molecular formula is C14H16BrNO2. The molecule has 1 aromatic carbocycles. The van der Waals surface area contributed by atoms with Crippen molar-refractivity contribution in [2.75, 3.05) is 0 Å². The number of halogens is 1. The van der Waals surface area contributed by atoms with Gasteiger partial charge in [-0.2, -0.15) is 0 Å². The lowest BCUT2D eigenvalue weighted by atomic mass is 10.1. The lowest BCUT2D eigenvalue weighted by Gasteiger charge is -2.10. The summed E-state index contributed by atoms with van der Waals surface area (Å²) in [7, 11) is 0. The van der Waals surface area contributed by atoms with E-state index >= 15 is 0 Å². The number of fused-ring (bicyclic) bond motifs is 1. The Bertz CT molecular complexity index is 589. The second-order valence-corrected chi connectivity index (χ2v) is 5.44. The van der Waals surface area contributed by atoms with Gasteiger partial charge < -0.3 is 9.67 Å². The van der Waals surface area contributed by atoms with Gasteiger partial charge in [-0.1, -0.05) is 28.9 Å². The molecule has 0 saturated carbocycles. The Balaban J connectivity index is 2.47. The average molecular weight is 310 g/mol. The van der Waals surface area contributed by atoms with Crippen LogP contribution in [-0.4, -0.2) is 15.6 Å². The van der Waals surface area contributed by atoms with Crippen molar-refractivity contribution in [3.63, 3.8) is 0 Å². The number of aryl methyl sites for hydroxylation is 1. The number of carboxylic acid groups (broad SMARTS) is 1. The third kappa shape index (κ3) is 2.43. The van der Waals surface area contributed by atoms with Crippen molar-refractivity contribution in [1.29, 1.82) is 0 Å². The SMILES string of the molecule is CCn1c(CC(C)C(=O)O)cc2ccc(Br)cc21. The van der Waals surface area contributed by atoms with E-state index in [1.807, 2.05) is 6.07 Å². The van der Waals surface area contributed by atoms with Crippen LogP contribution in [0.15, 0.2) is 28.7 Å². The Hall–Kier alpha value is -1.29. The summed E-state index contributed by atoms with van der Waals surface area (Å²) < 4.78 is 3.22. The molecule has 0 spiro atoms. The molecule has 3 nitrogen and oxygen atoms in total. The maximum atomic E-state index is 11.0. The zero-order chi connectivity index (χ0) is 13.3. The number of benzene rings is 1. The second kappa shape index (κ2) is 5.14. The van der Waals surface area contributed by atoms with E-state index < -0.39 is 5.97 Å². The second-order valence-electron chi connectivity index (χ2n) is 4.53. The molecule has 2 aromatic rings. The number of carboxylic acids is 1. The molecule has 0 bridgehead atoms. The first-order chi connectivity index (χ1) is 8.52. The molecule has 1 heterocycles. The van der Waals surface area contributed by atoms with Crippen molar-refractivity contribution in [2.24, 2.45) is 5.92 Å². The smallest absolute Gasteiger partial charge is 0.306 e. The number of carbonyl (C=O) groups is 1. The number of nitrogens with zero attached hydrogens (tertiary/aromatic N) is 1. The van der Waals surface area contributed by atoms with Crippen molar-refractivity contribution in [3.8, 4) is 0 Å². The summed E-state index contributed by atoms with van der Waals surface area (Å²) in [6.45, 7) is 4.67. The molecule has 4 heteroatoms. The van der Waals surface area contributed by atoms with E-state index in [1.165, 1.54) is 0 Å². The number of aliphatic carboxylic acids is 1. The normalized spacial score (nSPS) is 12.8. The van der Waals surface area contributed by atoms with E-state index in [-0.39, 0.29) is 5.92 Å². The first kappa shape index (κ1) is 13.1. The summed E-state index contributed by atoms with van der Waals surface area (Å²) in [6, 6.07) is 8.23. The molecule has 2 rings (SSSR count). The summed E-state index contributed by atoms with van der Waals surface area (Å²) in [4.78, 5) is 11.0. The molecule has 0 amide bonds. The van der Waals surface area contributed by atoms with Crippen LogP contribution in [-0.2, 0) is 17.8 Å². The highest BCUT2D eigenvalue weighted by Gasteiger charge is 2.15. The van der Waals surface area contributed by atoms with Crippen molar-refractivity contribution in [1.82, 2.24) is 4.57 Å². The third-order valence-electron chi connectivity index (χ3n) is 3.21. The molecule has 0 aliphatic heterocycles. The minimum Gasteiger partial charge on any atom is -0.481 e. The minimum atomic E-state index is -0.746. The van der Waals surface area contributed by atoms with Crippen LogP contribution in [0.1, 0.15) is 19.5 Å². The molecular weight excluding hydrogens is 294 g/mol. The van der Waals surface area contributed by atoms with Gasteiger partial charge in [-0.15, -0.1) is 0 Å². The van der Waals surface area contributed by atoms with Crippen LogP contribution in [0, 0.1) is 5.92 Å². The first-order valence-corrected chi connectivity index (χ1v) is 6.82. The van der Waals surface area contributed by atoms with Gasteiger partial charge in [0.2, 0.25) is 0 Å². The first-order valence-electron chi connectivity index (χ1n) is 6.03. The lowest BCUT2D eigenvalue weighted by molar-refractivity contribution is -0.141. The average Bonchev–Trinajstić information content (AvgIpc) is 2.65. The molecule has 1 aromatic heterocycles. The summed E-state index contributed by atoms with van der Waals surface area (Å²) in [5.74, 6) is -1.10. The maximum absolute atomic E-state index is 11.0. The summed E-state index contributed by atoms with van der Waals surface area (Å²) >= 11 is 3.47. The molecule has 96 valence electrons. The van der Waals surface area contributed by atoms with Crippen LogP contribution in [0.5, 0.6) is 0 Å². The Morgan fingerprint density at radius 3 is 2.78 bits per heavy atom. The molecule has 0 radical (unpaired) electrons. The van der Waals surface area contributed by atoms with Gasteiger partial charge in [0.1, 0.15) is 0 Å². The zero-order valence-electron chi connectivity index (χ0n) is 10.5. The Kier molecular flexibility index (Phi) is 3.76. The summed E-state index contributed by atoms with van der Waals surface area (Å²) in [5, 5.41) is 10.2. The van der Waals surface area contributed by atoms with Crippen molar-refractivity contribution < 1.29 is 9.90 Å². The van der Waals surface area contributed by atoms with E-state index in [4.69, 9.17) is 5.11 Å². The van der Waals surface area contributed by atoms with Gasteiger partial charge in [-0.25, -0.2) is 0 Å². The highest BCUT2D eigenvalue weighted by Crippen LogP contribution is 2.25. The van der Waals surface area contributed by atoms with E-state index in [0.29, 0.717) is 6.42 Å². The molecule has 0 aliphatic rings. The molecule has 1 unspecified atom stereocenters. The van der Waals surface area contributed by atoms with E-state index in [2.05, 4.69) is 45.6 Å². The largest absolute Gasteiger partial charge is 0.481 e. The summed E-state index contributed by atoms with van der Waals surface area (Å²) in [6.07, 6.45) is 0.565. The Labute approximate surface area is 115 Å². The molecule has 0 aliphatic carbocycles. The quantitative estimate of drug-likeness (QED) is 0.936. The molecule has 1 N–H and O–H groups in total. The van der Waals surface area contributed by atoms with Gasteiger partial charge in [0, 0.05) is 28.6 Å². The highest BCUT2D eigenvalue weighted by molar-refractivity contribution is 9.10. The molecule has 0 saturated heterocycles. The van der Waals surface area contributed by atoms with Gasteiger partial charge in [-0.3, -0.25) is 4.79 Å². The molecule has 1 atom stereocenters. The zero-order valence-corrected chi connectivity index (χ0v) is 12.1. The Morgan fingerprint density at radius 1 is 1.44 bits per heavy atom. The summed E-state index contributed by atoms with van der Waals surface area (Å²) in [5.41, 5.74) is 2.24. The minimum absolute atomic E-state index is 0.358. The van der Waals surface area contributed by atoms with Gasteiger partial charge in [0.15, 0.2) is 0 Å². The van der Waals surface area contributed by atoms with Gasteiger partial charge in [0.25, 0.3) is 0 Å². The van der Waals surface area contributed by atoms with E-state index in [0.717, 1.165) is 27.6 Å². The van der Waals surface area contributed by atoms with E-state index in [9.17, 15) is 4.79 Å². The third-order valence-corrected chi connectivity index (χ3v) is 3.70. The molecule has 0 fully saturated rings. The predicted octanol–water partition coefficient (Wildman–Crippen LogP) is 3.69. The lowest BCUT2D eigenvalue weighted by Crippen LogP contribution is -2.14. The van der Waals surface area contributed by atoms with E-state index in [1.54, 1.807) is 6.92 Å².